The Morgan fingerprint density at radius 3 is 2.86 bits per heavy atom. The van der Waals surface area contributed by atoms with Gasteiger partial charge in [-0.2, -0.15) is 0 Å². The highest BCUT2D eigenvalue weighted by Gasteiger charge is 2.20. The molecule has 1 N–H and O–H groups in total. The van der Waals surface area contributed by atoms with Crippen LogP contribution in [0.1, 0.15) is 33.6 Å². The lowest BCUT2D eigenvalue weighted by atomic mass is 10.0. The molecular weight excluding hydrogens is 176 g/mol. The Morgan fingerprint density at radius 2 is 2.29 bits per heavy atom. The molecule has 82 valence electrons. The molecule has 0 saturated carbocycles. The van der Waals surface area contributed by atoms with E-state index in [1.807, 2.05) is 4.90 Å². The van der Waals surface area contributed by atoms with Gasteiger partial charge < -0.3 is 10.2 Å². The molecule has 1 aliphatic heterocycles. The van der Waals surface area contributed by atoms with Crippen molar-refractivity contribution < 1.29 is 4.79 Å². The van der Waals surface area contributed by atoms with E-state index >= 15 is 0 Å². The van der Waals surface area contributed by atoms with Gasteiger partial charge in [-0.1, -0.05) is 13.8 Å². The first-order valence-corrected chi connectivity index (χ1v) is 5.58. The van der Waals surface area contributed by atoms with Crippen molar-refractivity contribution >= 4 is 5.91 Å². The summed E-state index contributed by atoms with van der Waals surface area (Å²) in [6, 6.07) is 0.509. The molecule has 1 rings (SSSR count). The Labute approximate surface area is 86.9 Å². The van der Waals surface area contributed by atoms with Crippen LogP contribution >= 0.6 is 0 Å². The van der Waals surface area contributed by atoms with Crippen molar-refractivity contribution in [3.05, 3.63) is 0 Å². The van der Waals surface area contributed by atoms with Crippen molar-refractivity contribution in [3.63, 3.8) is 0 Å². The van der Waals surface area contributed by atoms with Gasteiger partial charge in [0.25, 0.3) is 0 Å². The summed E-state index contributed by atoms with van der Waals surface area (Å²) in [5.74, 6) is 0.963. The van der Waals surface area contributed by atoms with E-state index in [0.29, 0.717) is 6.04 Å². The number of carbonyl (C=O) groups is 1. The van der Waals surface area contributed by atoms with Crippen LogP contribution in [0.3, 0.4) is 0 Å². The SMILES string of the molecule is CC(=O)N1CCNC(CCC(C)C)C1. The van der Waals surface area contributed by atoms with E-state index in [1.54, 1.807) is 6.92 Å². The van der Waals surface area contributed by atoms with Crippen molar-refractivity contribution in [1.82, 2.24) is 10.2 Å². The third kappa shape index (κ3) is 3.66. The Bertz CT molecular complexity index is 192. The van der Waals surface area contributed by atoms with Crippen LogP contribution in [0, 0.1) is 5.92 Å². The van der Waals surface area contributed by atoms with Crippen LogP contribution in [0.5, 0.6) is 0 Å². The van der Waals surface area contributed by atoms with Gasteiger partial charge >= 0.3 is 0 Å². The molecule has 1 fully saturated rings. The zero-order chi connectivity index (χ0) is 10.6. The van der Waals surface area contributed by atoms with Gasteiger partial charge in [0.2, 0.25) is 5.91 Å². The van der Waals surface area contributed by atoms with Gasteiger partial charge in [-0.05, 0) is 18.8 Å². The molecule has 0 radical (unpaired) electrons. The fourth-order valence-electron chi connectivity index (χ4n) is 1.84. The van der Waals surface area contributed by atoms with Gasteiger partial charge in [-0.25, -0.2) is 0 Å². The lowest BCUT2D eigenvalue weighted by molar-refractivity contribution is -0.130. The maximum atomic E-state index is 11.2. The average molecular weight is 198 g/mol. The minimum Gasteiger partial charge on any atom is -0.340 e. The minimum atomic E-state index is 0.209. The highest BCUT2D eigenvalue weighted by Crippen LogP contribution is 2.10. The summed E-state index contributed by atoms with van der Waals surface area (Å²) in [7, 11) is 0. The van der Waals surface area contributed by atoms with Gasteiger partial charge in [0.05, 0.1) is 0 Å². The fourth-order valence-corrected chi connectivity index (χ4v) is 1.84. The molecule has 1 aliphatic rings. The Hall–Kier alpha value is -0.570. The summed E-state index contributed by atoms with van der Waals surface area (Å²) in [5.41, 5.74) is 0. The number of nitrogens with zero attached hydrogens (tertiary/aromatic N) is 1. The predicted molar refractivity (Wildman–Crippen MR) is 58.1 cm³/mol. The third-order valence-electron chi connectivity index (χ3n) is 2.79. The van der Waals surface area contributed by atoms with E-state index in [-0.39, 0.29) is 5.91 Å². The van der Waals surface area contributed by atoms with Gasteiger partial charge in [0.15, 0.2) is 0 Å². The molecular formula is C11H22N2O. The molecule has 1 atom stereocenters. The minimum absolute atomic E-state index is 0.209. The lowest BCUT2D eigenvalue weighted by Crippen LogP contribution is -2.52. The molecule has 1 amide bonds. The number of rotatable bonds is 3. The molecule has 3 nitrogen and oxygen atoms in total. The van der Waals surface area contributed by atoms with Gasteiger partial charge in [0.1, 0.15) is 0 Å². The molecule has 1 saturated heterocycles. The molecule has 0 aromatic rings. The monoisotopic (exact) mass is 198 g/mol. The first-order valence-electron chi connectivity index (χ1n) is 5.58. The summed E-state index contributed by atoms with van der Waals surface area (Å²) >= 11 is 0. The summed E-state index contributed by atoms with van der Waals surface area (Å²) in [5, 5.41) is 3.47. The van der Waals surface area contributed by atoms with Crippen molar-refractivity contribution in [3.8, 4) is 0 Å². The number of nitrogens with one attached hydrogen (secondary N) is 1. The van der Waals surface area contributed by atoms with Crippen molar-refractivity contribution in [2.75, 3.05) is 19.6 Å². The largest absolute Gasteiger partial charge is 0.340 e. The van der Waals surface area contributed by atoms with Gasteiger partial charge in [-0.15, -0.1) is 0 Å². The normalized spacial score (nSPS) is 22.9. The van der Waals surface area contributed by atoms with E-state index in [0.717, 1.165) is 25.6 Å². The number of hydrogen-bond donors (Lipinski definition) is 1. The molecule has 1 heterocycles. The first-order chi connectivity index (χ1) is 6.59. The summed E-state index contributed by atoms with van der Waals surface area (Å²) in [4.78, 5) is 13.1. The standard InChI is InChI=1S/C11H22N2O/c1-9(2)4-5-11-8-13(10(3)14)7-6-12-11/h9,11-12H,4-8H2,1-3H3. The van der Waals surface area contributed by atoms with Crippen LogP contribution in [0.4, 0.5) is 0 Å². The van der Waals surface area contributed by atoms with E-state index in [9.17, 15) is 4.79 Å². The van der Waals surface area contributed by atoms with E-state index < -0.39 is 0 Å². The zero-order valence-electron chi connectivity index (χ0n) is 9.55. The topological polar surface area (TPSA) is 32.3 Å². The van der Waals surface area contributed by atoms with Crippen LogP contribution < -0.4 is 5.32 Å². The van der Waals surface area contributed by atoms with E-state index in [2.05, 4.69) is 19.2 Å². The summed E-state index contributed by atoms with van der Waals surface area (Å²) in [6.45, 7) is 8.85. The van der Waals surface area contributed by atoms with E-state index in [1.165, 1.54) is 12.8 Å². The van der Waals surface area contributed by atoms with Crippen LogP contribution in [0.2, 0.25) is 0 Å². The highest BCUT2D eigenvalue weighted by atomic mass is 16.2. The number of carbonyl (C=O) groups excluding carboxylic acids is 1. The van der Waals surface area contributed by atoms with Crippen LogP contribution in [0.15, 0.2) is 0 Å². The average Bonchev–Trinajstić information content (AvgIpc) is 2.15. The molecule has 0 aromatic carbocycles. The maximum Gasteiger partial charge on any atom is 0.219 e. The van der Waals surface area contributed by atoms with Gasteiger partial charge in [-0.3, -0.25) is 4.79 Å². The van der Waals surface area contributed by atoms with E-state index in [4.69, 9.17) is 0 Å². The fraction of sp³-hybridized carbons (Fsp3) is 0.909. The number of hydrogen-bond acceptors (Lipinski definition) is 2. The van der Waals surface area contributed by atoms with Crippen LogP contribution in [-0.2, 0) is 4.79 Å². The second-order valence-electron chi connectivity index (χ2n) is 4.59. The molecule has 1 unspecified atom stereocenters. The smallest absolute Gasteiger partial charge is 0.219 e. The molecule has 14 heavy (non-hydrogen) atoms. The molecule has 0 aliphatic carbocycles. The second kappa shape index (κ2) is 5.35. The summed E-state index contributed by atoms with van der Waals surface area (Å²) in [6.07, 6.45) is 2.42. The molecule has 0 spiro atoms. The molecule has 0 bridgehead atoms. The molecule has 0 aromatic heterocycles. The van der Waals surface area contributed by atoms with Gasteiger partial charge in [0, 0.05) is 32.6 Å². The summed E-state index contributed by atoms with van der Waals surface area (Å²) < 4.78 is 0. The van der Waals surface area contributed by atoms with Crippen LogP contribution in [0.25, 0.3) is 0 Å². The highest BCUT2D eigenvalue weighted by molar-refractivity contribution is 5.73. The predicted octanol–water partition coefficient (Wildman–Crippen LogP) is 1.24. The third-order valence-corrected chi connectivity index (χ3v) is 2.79. The second-order valence-corrected chi connectivity index (χ2v) is 4.59. The van der Waals surface area contributed by atoms with Crippen molar-refractivity contribution in [1.29, 1.82) is 0 Å². The van der Waals surface area contributed by atoms with Crippen molar-refractivity contribution in [2.24, 2.45) is 5.92 Å². The molecule has 3 heteroatoms. The Balaban J connectivity index is 2.29. The zero-order valence-corrected chi connectivity index (χ0v) is 9.55. The number of amides is 1. The Morgan fingerprint density at radius 1 is 1.57 bits per heavy atom. The Kier molecular flexibility index (Phi) is 4.39. The maximum absolute atomic E-state index is 11.2. The van der Waals surface area contributed by atoms with Crippen LogP contribution in [-0.4, -0.2) is 36.5 Å². The first kappa shape index (κ1) is 11.5. The number of piperazine rings is 1. The quantitative estimate of drug-likeness (QED) is 0.740. The van der Waals surface area contributed by atoms with Crippen molar-refractivity contribution in [2.45, 2.75) is 39.7 Å². The lowest BCUT2D eigenvalue weighted by Gasteiger charge is -2.33.